The van der Waals surface area contributed by atoms with Gasteiger partial charge in [0.05, 0.1) is 25.8 Å². The average Bonchev–Trinajstić information content (AvgIpc) is 3.39. The molecule has 3 rings (SSSR count). The number of anilines is 2. The number of aryl methyl sites for hydroxylation is 1. The number of benzene rings is 2. The third-order valence-corrected chi connectivity index (χ3v) is 7.12. The van der Waals surface area contributed by atoms with Crippen LogP contribution < -0.4 is 20.7 Å². The number of carbonyl (C=O) groups is 4. The van der Waals surface area contributed by atoms with Gasteiger partial charge in [0.15, 0.2) is 0 Å². The molecule has 222 valence electrons. The Balaban J connectivity index is 1.56. The van der Waals surface area contributed by atoms with Gasteiger partial charge in [-0.2, -0.15) is 0 Å². The number of likely N-dealkylation sites (N-methyl/N-ethyl adjacent to an activating group) is 1. The number of carbonyl (C=O) groups excluding carboxylic acids is 3. The van der Waals surface area contributed by atoms with Gasteiger partial charge >= 0.3 is 18.1 Å². The summed E-state index contributed by atoms with van der Waals surface area (Å²) < 4.78 is 10.3. The van der Waals surface area contributed by atoms with Gasteiger partial charge in [0, 0.05) is 24.0 Å². The summed E-state index contributed by atoms with van der Waals surface area (Å²) >= 11 is 1.39. The topological polar surface area (TPSA) is 146 Å². The zero-order valence-electron chi connectivity index (χ0n) is 23.6. The lowest BCUT2D eigenvalue weighted by Gasteiger charge is -2.17. The Morgan fingerprint density at radius 3 is 2.50 bits per heavy atom. The van der Waals surface area contributed by atoms with Crippen molar-refractivity contribution in [3.05, 3.63) is 88.1 Å². The maximum Gasteiger partial charge on any atom is 0.408 e. The van der Waals surface area contributed by atoms with Gasteiger partial charge in [-0.1, -0.05) is 36.9 Å². The predicted molar refractivity (Wildman–Crippen MR) is 161 cm³/mol. The molecule has 1 atom stereocenters. The first-order chi connectivity index (χ1) is 20.1. The van der Waals surface area contributed by atoms with E-state index in [9.17, 15) is 24.3 Å². The van der Waals surface area contributed by atoms with Gasteiger partial charge in [-0.25, -0.2) is 14.4 Å². The van der Waals surface area contributed by atoms with E-state index in [0.29, 0.717) is 34.8 Å². The highest BCUT2D eigenvalue weighted by Gasteiger charge is 2.22. The van der Waals surface area contributed by atoms with Crippen LogP contribution in [-0.4, -0.2) is 60.8 Å². The number of methoxy groups -OCH3 is 1. The molecule has 0 aliphatic carbocycles. The second kappa shape index (κ2) is 15.2. The quantitative estimate of drug-likeness (QED) is 0.208. The summed E-state index contributed by atoms with van der Waals surface area (Å²) in [6, 6.07) is 12.8. The third kappa shape index (κ3) is 9.37. The minimum absolute atomic E-state index is 0.0272. The van der Waals surface area contributed by atoms with Crippen LogP contribution in [0.5, 0.6) is 5.75 Å². The van der Waals surface area contributed by atoms with E-state index in [0.717, 1.165) is 10.4 Å². The zero-order valence-corrected chi connectivity index (χ0v) is 24.5. The van der Waals surface area contributed by atoms with E-state index in [4.69, 9.17) is 9.47 Å². The number of alkyl carbamates (subject to hydrolysis) is 1. The summed E-state index contributed by atoms with van der Waals surface area (Å²) in [4.78, 5) is 51.2. The van der Waals surface area contributed by atoms with E-state index < -0.39 is 24.1 Å². The third-order valence-electron chi connectivity index (χ3n) is 6.15. The summed E-state index contributed by atoms with van der Waals surface area (Å²) in [6.45, 7) is 5.64. The van der Waals surface area contributed by atoms with Crippen LogP contribution in [0.15, 0.2) is 66.6 Å². The number of ether oxygens (including phenoxy) is 2. The zero-order chi connectivity index (χ0) is 30.6. The Morgan fingerprint density at radius 1 is 1.07 bits per heavy atom. The lowest BCUT2D eigenvalue weighted by molar-refractivity contribution is -0.139. The molecule has 0 fully saturated rings. The lowest BCUT2D eigenvalue weighted by Crippen LogP contribution is -2.42. The molecule has 42 heavy (non-hydrogen) atoms. The van der Waals surface area contributed by atoms with Crippen molar-refractivity contribution < 1.29 is 33.8 Å². The van der Waals surface area contributed by atoms with Crippen LogP contribution in [-0.2, 0) is 33.7 Å². The van der Waals surface area contributed by atoms with Gasteiger partial charge in [0.1, 0.15) is 18.4 Å². The molecule has 3 aromatic rings. The molecule has 0 aliphatic rings. The molecule has 2 aromatic carbocycles. The van der Waals surface area contributed by atoms with Crippen LogP contribution in [0.4, 0.5) is 21.0 Å². The summed E-state index contributed by atoms with van der Waals surface area (Å²) in [5.74, 6) is -0.907. The van der Waals surface area contributed by atoms with Gasteiger partial charge in [-0.05, 0) is 53.3 Å². The van der Waals surface area contributed by atoms with Crippen molar-refractivity contribution in [1.29, 1.82) is 0 Å². The summed E-state index contributed by atoms with van der Waals surface area (Å²) in [5.41, 5.74) is 3.51. The van der Waals surface area contributed by atoms with Gasteiger partial charge in [0.25, 0.3) is 0 Å². The van der Waals surface area contributed by atoms with E-state index in [1.54, 1.807) is 35.5 Å². The number of nitrogens with zero attached hydrogens (tertiary/aromatic N) is 1. The number of rotatable bonds is 13. The number of thiophene rings is 1. The van der Waals surface area contributed by atoms with Crippen LogP contribution in [0.2, 0.25) is 0 Å². The normalized spacial score (nSPS) is 11.1. The number of carboxylic acids is 1. The van der Waals surface area contributed by atoms with E-state index in [1.807, 2.05) is 37.3 Å². The fraction of sp³-hybridized carbons (Fsp3) is 0.267. The first-order valence-electron chi connectivity index (χ1n) is 13.0. The van der Waals surface area contributed by atoms with Crippen molar-refractivity contribution >= 4 is 46.7 Å². The van der Waals surface area contributed by atoms with E-state index in [2.05, 4.69) is 22.5 Å². The molecule has 4 amide bonds. The smallest absolute Gasteiger partial charge is 0.408 e. The molecular formula is C30H34N4O7S. The Bertz CT molecular complexity index is 1440. The molecule has 0 aliphatic heterocycles. The maximum atomic E-state index is 13.0. The molecule has 0 radical (unpaired) electrons. The van der Waals surface area contributed by atoms with Crippen LogP contribution in [0.3, 0.4) is 0 Å². The number of hydrogen-bond donors (Lipinski definition) is 4. The highest BCUT2D eigenvalue weighted by Crippen LogP contribution is 2.27. The van der Waals surface area contributed by atoms with Gasteiger partial charge in [-0.15, -0.1) is 11.3 Å². The van der Waals surface area contributed by atoms with Crippen molar-refractivity contribution in [2.75, 3.05) is 31.4 Å². The van der Waals surface area contributed by atoms with Crippen molar-refractivity contribution in [1.82, 2.24) is 10.2 Å². The van der Waals surface area contributed by atoms with Gasteiger partial charge in [0.2, 0.25) is 5.91 Å². The molecule has 1 aromatic heterocycles. The number of para-hydroxylation sites is 1. The predicted octanol–water partition coefficient (Wildman–Crippen LogP) is 4.82. The largest absolute Gasteiger partial charge is 0.495 e. The molecular weight excluding hydrogens is 560 g/mol. The monoisotopic (exact) mass is 594 g/mol. The fourth-order valence-electron chi connectivity index (χ4n) is 3.94. The molecule has 0 saturated heterocycles. The first kappa shape index (κ1) is 31.7. The summed E-state index contributed by atoms with van der Waals surface area (Å²) in [7, 11) is 3.17. The Morgan fingerprint density at radius 2 is 1.81 bits per heavy atom. The molecule has 12 heteroatoms. The van der Waals surface area contributed by atoms with Gasteiger partial charge in [-0.3, -0.25) is 4.79 Å². The van der Waals surface area contributed by atoms with Crippen LogP contribution in [0, 0.1) is 6.92 Å². The van der Waals surface area contributed by atoms with E-state index in [1.165, 1.54) is 24.5 Å². The SMILES string of the molecule is C=CCOC(=O)NC(Cc1csc(CN(C)C(=O)Cc2ccc(NC(=O)Nc3ccccc3C)c(OC)c2)c1)C(=O)O. The number of urea groups is 1. The minimum Gasteiger partial charge on any atom is -0.495 e. The Hall–Kier alpha value is -4.84. The first-order valence-corrected chi connectivity index (χ1v) is 13.8. The highest BCUT2D eigenvalue weighted by atomic mass is 32.1. The molecule has 0 saturated carbocycles. The number of amides is 4. The lowest BCUT2D eigenvalue weighted by atomic mass is 10.1. The number of aliphatic carboxylic acids is 1. The number of carboxylic acid groups (broad SMARTS) is 1. The van der Waals surface area contributed by atoms with E-state index >= 15 is 0 Å². The average molecular weight is 595 g/mol. The number of hydrogen-bond acceptors (Lipinski definition) is 7. The summed E-state index contributed by atoms with van der Waals surface area (Å²) in [5, 5.41) is 19.2. The van der Waals surface area contributed by atoms with Crippen LogP contribution >= 0.6 is 11.3 Å². The van der Waals surface area contributed by atoms with Crippen molar-refractivity contribution in [2.24, 2.45) is 0 Å². The second-order valence-electron chi connectivity index (χ2n) is 9.40. The molecule has 4 N–H and O–H groups in total. The Kier molecular flexibility index (Phi) is 11.5. The second-order valence-corrected chi connectivity index (χ2v) is 10.4. The van der Waals surface area contributed by atoms with E-state index in [-0.39, 0.29) is 25.4 Å². The highest BCUT2D eigenvalue weighted by molar-refractivity contribution is 7.10. The van der Waals surface area contributed by atoms with Crippen molar-refractivity contribution in [3.8, 4) is 5.75 Å². The van der Waals surface area contributed by atoms with Crippen molar-refractivity contribution in [2.45, 2.75) is 32.4 Å². The Labute approximate surface area is 248 Å². The molecule has 1 heterocycles. The fourth-order valence-corrected chi connectivity index (χ4v) is 4.89. The maximum absolute atomic E-state index is 13.0. The molecule has 0 spiro atoms. The van der Waals surface area contributed by atoms with Crippen LogP contribution in [0.1, 0.15) is 21.6 Å². The standard InChI is InChI=1S/C30H34N4O7S/c1-5-12-41-30(39)33-25(28(36)37)14-21-13-22(42-18-21)17-34(3)27(35)16-20-10-11-24(26(15-20)40-4)32-29(38)31-23-9-7-6-8-19(23)2/h5-11,13,15,18,25H,1,12,14,16-17H2,2-4H3,(H,33,39)(H,36,37)(H2,31,32,38). The molecule has 0 bridgehead atoms. The van der Waals surface area contributed by atoms with Crippen molar-refractivity contribution in [3.63, 3.8) is 0 Å². The van der Waals surface area contributed by atoms with Crippen LogP contribution in [0.25, 0.3) is 0 Å². The number of nitrogens with one attached hydrogen (secondary N) is 3. The van der Waals surface area contributed by atoms with Gasteiger partial charge < -0.3 is 35.4 Å². The molecule has 1 unspecified atom stereocenters. The minimum atomic E-state index is -1.19. The summed E-state index contributed by atoms with van der Waals surface area (Å²) in [6.07, 6.45) is 0.721. The molecule has 11 nitrogen and oxygen atoms in total.